The minimum Gasteiger partial charge on any atom is -0.431 e. The van der Waals surface area contributed by atoms with Crippen LogP contribution in [-0.2, 0) is 0 Å². The fourth-order valence-electron chi connectivity index (χ4n) is 9.41. The quantitative estimate of drug-likeness (QED) is 0.692. The highest BCUT2D eigenvalue weighted by molar-refractivity contribution is 5.27. The smallest absolute Gasteiger partial charge is 0.335 e. The molecule has 1 aromatic heterocycles. The molecule has 0 radical (unpaired) electrons. The van der Waals surface area contributed by atoms with Crippen molar-refractivity contribution < 1.29 is 9.52 Å². The zero-order chi connectivity index (χ0) is 22.0. The van der Waals surface area contributed by atoms with E-state index < -0.39 is 5.60 Å². The molecule has 1 heterocycles. The molecule has 172 valence electrons. The van der Waals surface area contributed by atoms with Crippen LogP contribution in [0.2, 0.25) is 0 Å². The van der Waals surface area contributed by atoms with E-state index in [0.717, 1.165) is 37.7 Å². The van der Waals surface area contributed by atoms with Crippen molar-refractivity contribution in [3.05, 3.63) is 34.4 Å². The molecule has 4 nitrogen and oxygen atoms in total. The summed E-state index contributed by atoms with van der Waals surface area (Å²) in [4.78, 5) is 11.5. The second-order valence-corrected chi connectivity index (χ2v) is 11.9. The number of nitrogens with two attached hydrogens (primary N) is 1. The summed E-state index contributed by atoms with van der Waals surface area (Å²) in [5, 5.41) is 12.4. The van der Waals surface area contributed by atoms with E-state index in [1.54, 1.807) is 6.26 Å². The van der Waals surface area contributed by atoms with Gasteiger partial charge in [-0.25, -0.2) is 4.79 Å². The molecule has 0 aromatic carbocycles. The Morgan fingerprint density at radius 1 is 1.10 bits per heavy atom. The van der Waals surface area contributed by atoms with E-state index in [2.05, 4.69) is 20.8 Å². The number of fused-ring (bicyclic) bond motifs is 5. The zero-order valence-electron chi connectivity index (χ0n) is 19.6. The minimum absolute atomic E-state index is 0.150. The van der Waals surface area contributed by atoms with Crippen molar-refractivity contribution in [1.82, 2.24) is 0 Å². The molecule has 0 saturated heterocycles. The first-order valence-corrected chi connectivity index (χ1v) is 12.8. The highest BCUT2D eigenvalue weighted by Crippen LogP contribution is 2.71. The molecule has 0 amide bonds. The largest absolute Gasteiger partial charge is 0.431 e. The highest BCUT2D eigenvalue weighted by Gasteiger charge is 2.68. The van der Waals surface area contributed by atoms with E-state index in [0.29, 0.717) is 35.1 Å². The summed E-state index contributed by atoms with van der Waals surface area (Å²) in [7, 11) is 0. The Morgan fingerprint density at radius 3 is 2.61 bits per heavy atom. The third kappa shape index (κ3) is 2.96. The van der Waals surface area contributed by atoms with Crippen molar-refractivity contribution in [2.45, 2.75) is 103 Å². The van der Waals surface area contributed by atoms with Crippen LogP contribution < -0.4 is 11.4 Å². The summed E-state index contributed by atoms with van der Waals surface area (Å²) in [6.07, 6.45) is 12.9. The van der Waals surface area contributed by atoms with Crippen LogP contribution in [0.5, 0.6) is 0 Å². The molecule has 0 spiro atoms. The van der Waals surface area contributed by atoms with Gasteiger partial charge in [-0.2, -0.15) is 0 Å². The molecular weight excluding hydrogens is 386 g/mol. The van der Waals surface area contributed by atoms with Gasteiger partial charge in [-0.15, -0.1) is 0 Å². The molecule has 4 saturated carbocycles. The van der Waals surface area contributed by atoms with Crippen molar-refractivity contribution >= 4 is 0 Å². The monoisotopic (exact) mass is 427 g/mol. The molecule has 4 fully saturated rings. The van der Waals surface area contributed by atoms with Crippen LogP contribution in [0.4, 0.5) is 0 Å². The van der Waals surface area contributed by atoms with E-state index in [9.17, 15) is 9.90 Å². The van der Waals surface area contributed by atoms with Crippen LogP contribution in [0.15, 0.2) is 27.6 Å². The van der Waals surface area contributed by atoms with Crippen molar-refractivity contribution in [3.63, 3.8) is 0 Å². The third-order valence-corrected chi connectivity index (χ3v) is 11.0. The molecule has 4 aliphatic rings. The highest BCUT2D eigenvalue weighted by atomic mass is 16.4. The van der Waals surface area contributed by atoms with Gasteiger partial charge in [0.15, 0.2) is 0 Å². The molecule has 3 unspecified atom stereocenters. The van der Waals surface area contributed by atoms with Gasteiger partial charge in [0.2, 0.25) is 0 Å². The van der Waals surface area contributed by atoms with Gasteiger partial charge >= 0.3 is 5.63 Å². The standard InChI is InChI=1S/C27H41NO3/c1-4-5-18-14-20(28)15-19-7-8-23-22(26(18,19)3)10-12-25(2)21(11-13-27(23,25)30)17-6-9-24(29)31-16-17/h6,9,16,18-23,30H,4-5,7-8,10-15,28H2,1-3H3/t18?,19-,20+,21-,22?,23?,25-,26+,27+/m1/s1. The van der Waals surface area contributed by atoms with Crippen LogP contribution in [-0.4, -0.2) is 16.7 Å². The predicted molar refractivity (Wildman–Crippen MR) is 123 cm³/mol. The van der Waals surface area contributed by atoms with Crippen LogP contribution in [0.1, 0.15) is 96.5 Å². The lowest BCUT2D eigenvalue weighted by Gasteiger charge is -2.65. The van der Waals surface area contributed by atoms with E-state index in [1.165, 1.54) is 38.2 Å². The van der Waals surface area contributed by atoms with Gasteiger partial charge in [0.05, 0.1) is 11.9 Å². The Bertz CT molecular complexity index is 861. The average molecular weight is 428 g/mol. The van der Waals surface area contributed by atoms with E-state index in [-0.39, 0.29) is 17.0 Å². The third-order valence-electron chi connectivity index (χ3n) is 11.0. The summed E-state index contributed by atoms with van der Waals surface area (Å²) in [6, 6.07) is 3.82. The van der Waals surface area contributed by atoms with E-state index >= 15 is 0 Å². The number of hydrogen-bond donors (Lipinski definition) is 2. The van der Waals surface area contributed by atoms with Crippen molar-refractivity contribution in [2.24, 2.45) is 40.2 Å². The molecule has 5 rings (SSSR count). The number of hydrogen-bond acceptors (Lipinski definition) is 4. The Labute approximate surface area is 187 Å². The molecule has 4 heteroatoms. The molecule has 31 heavy (non-hydrogen) atoms. The van der Waals surface area contributed by atoms with Gasteiger partial charge in [0, 0.05) is 17.5 Å². The first kappa shape index (κ1) is 21.7. The normalized spacial score (nSPS) is 49.2. The van der Waals surface area contributed by atoms with E-state index in [1.807, 2.05) is 6.07 Å². The summed E-state index contributed by atoms with van der Waals surface area (Å²) in [6.45, 7) is 7.20. The lowest BCUT2D eigenvalue weighted by Crippen LogP contribution is -2.64. The van der Waals surface area contributed by atoms with E-state index in [4.69, 9.17) is 10.2 Å². The van der Waals surface area contributed by atoms with Gasteiger partial charge in [0.1, 0.15) is 0 Å². The van der Waals surface area contributed by atoms with Gasteiger partial charge in [0.25, 0.3) is 0 Å². The van der Waals surface area contributed by atoms with Gasteiger partial charge < -0.3 is 15.3 Å². The topological polar surface area (TPSA) is 76.5 Å². The fraction of sp³-hybridized carbons (Fsp3) is 0.815. The van der Waals surface area contributed by atoms with Crippen molar-refractivity contribution in [3.8, 4) is 0 Å². The Balaban J connectivity index is 1.50. The second kappa shape index (κ2) is 7.45. The molecule has 1 aromatic rings. The predicted octanol–water partition coefficient (Wildman–Crippen LogP) is 5.23. The SMILES string of the molecule is CCCC1C[C@H](N)C[C@H]2CCC3C(CC[C@]4(C)[C@@H](c5ccc(=O)oc5)CC[C@]34O)[C@@]12C. The molecule has 0 bridgehead atoms. The van der Waals surface area contributed by atoms with Crippen LogP contribution in [0.3, 0.4) is 0 Å². The van der Waals surface area contributed by atoms with Crippen LogP contribution >= 0.6 is 0 Å². The number of rotatable bonds is 3. The van der Waals surface area contributed by atoms with Crippen LogP contribution in [0, 0.1) is 34.5 Å². The molecular formula is C27H41NO3. The van der Waals surface area contributed by atoms with Gasteiger partial charge in [-0.1, -0.05) is 33.6 Å². The lowest BCUT2D eigenvalue weighted by molar-refractivity contribution is -0.213. The lowest BCUT2D eigenvalue weighted by atomic mass is 9.41. The van der Waals surface area contributed by atoms with Gasteiger partial charge in [-0.05, 0) is 98.0 Å². The van der Waals surface area contributed by atoms with Crippen LogP contribution in [0.25, 0.3) is 0 Å². The summed E-state index contributed by atoms with van der Waals surface area (Å²) >= 11 is 0. The van der Waals surface area contributed by atoms with Crippen molar-refractivity contribution in [2.75, 3.05) is 0 Å². The second-order valence-electron chi connectivity index (χ2n) is 11.9. The fourth-order valence-corrected chi connectivity index (χ4v) is 9.41. The maximum Gasteiger partial charge on any atom is 0.335 e. The average Bonchev–Trinajstić information content (AvgIpc) is 3.01. The number of aliphatic hydroxyl groups is 1. The molecule has 9 atom stereocenters. The Hall–Kier alpha value is -1.13. The van der Waals surface area contributed by atoms with Gasteiger partial charge in [-0.3, -0.25) is 0 Å². The zero-order valence-corrected chi connectivity index (χ0v) is 19.6. The summed E-state index contributed by atoms with van der Waals surface area (Å²) < 4.78 is 5.22. The van der Waals surface area contributed by atoms with Crippen molar-refractivity contribution in [1.29, 1.82) is 0 Å². The Kier molecular flexibility index (Phi) is 5.21. The molecule has 3 N–H and O–H groups in total. The minimum atomic E-state index is -0.624. The maximum absolute atomic E-state index is 12.4. The Morgan fingerprint density at radius 2 is 1.90 bits per heavy atom. The first-order valence-electron chi connectivity index (χ1n) is 12.8. The summed E-state index contributed by atoms with van der Waals surface area (Å²) in [5.41, 5.74) is 6.86. The molecule has 4 aliphatic carbocycles. The summed E-state index contributed by atoms with van der Waals surface area (Å²) in [5.74, 6) is 2.64. The maximum atomic E-state index is 12.4. The first-order chi connectivity index (χ1) is 14.7. The molecule has 0 aliphatic heterocycles.